The van der Waals surface area contributed by atoms with E-state index in [0.29, 0.717) is 0 Å². The van der Waals surface area contributed by atoms with E-state index in [2.05, 4.69) is 0 Å². The third kappa shape index (κ3) is 3.54. The molecule has 8 heteroatoms. The summed E-state index contributed by atoms with van der Waals surface area (Å²) in [6.07, 6.45) is 0. The number of halogens is 3. The first-order valence-electron chi connectivity index (χ1n) is 9.10. The lowest BCUT2D eigenvalue weighted by Gasteiger charge is -2.27. The highest BCUT2D eigenvalue weighted by Crippen LogP contribution is 2.43. The predicted molar refractivity (Wildman–Crippen MR) is 109 cm³/mol. The van der Waals surface area contributed by atoms with E-state index in [4.69, 9.17) is 11.6 Å². The van der Waals surface area contributed by atoms with Crippen molar-refractivity contribution in [2.75, 3.05) is 0 Å². The number of carboxylic acids is 1. The maximum atomic E-state index is 14.2. The van der Waals surface area contributed by atoms with Gasteiger partial charge in [-0.15, -0.1) is 0 Å². The fourth-order valence-electron chi connectivity index (χ4n) is 3.76. The van der Waals surface area contributed by atoms with Crippen molar-refractivity contribution in [1.29, 1.82) is 0 Å². The van der Waals surface area contributed by atoms with E-state index < -0.39 is 40.6 Å². The van der Waals surface area contributed by atoms with Gasteiger partial charge in [0, 0.05) is 22.7 Å². The predicted octanol–water partition coefficient (Wildman–Crippen LogP) is 5.49. The third-order valence-electron chi connectivity index (χ3n) is 5.09. The van der Waals surface area contributed by atoms with Gasteiger partial charge in [-0.05, 0) is 42.2 Å². The second kappa shape index (κ2) is 7.40. The molecule has 0 aliphatic carbocycles. The molecule has 0 bridgehead atoms. The molecule has 1 heterocycles. The minimum absolute atomic E-state index is 0.0421. The molecule has 2 aromatic carbocycles. The van der Waals surface area contributed by atoms with Gasteiger partial charge in [0.25, 0.3) is 5.91 Å². The first-order chi connectivity index (χ1) is 13.8. The molecule has 0 saturated heterocycles. The van der Waals surface area contributed by atoms with Gasteiger partial charge < -0.3 is 10.2 Å². The Morgan fingerprint density at radius 3 is 2.27 bits per heavy atom. The summed E-state index contributed by atoms with van der Waals surface area (Å²) in [7, 11) is 0. The number of carboxylic acid groups (broad SMARTS) is 1. The first kappa shape index (κ1) is 21.8. The van der Waals surface area contributed by atoms with Crippen molar-refractivity contribution in [3.63, 3.8) is 0 Å². The number of phenols is 1. The second-order valence-electron chi connectivity index (χ2n) is 8.23. The lowest BCUT2D eigenvalue weighted by Crippen LogP contribution is -2.27. The molecule has 0 saturated carbocycles. The number of phenolic OH excluding ortho intramolecular Hbond substituents is 1. The Balaban J connectivity index is 2.39. The van der Waals surface area contributed by atoms with Crippen molar-refractivity contribution in [2.45, 2.75) is 33.6 Å². The van der Waals surface area contributed by atoms with Crippen LogP contribution >= 0.6 is 11.6 Å². The number of rotatable bonds is 3. The number of carbonyl (C=O) groups excluding carboxylic acids is 1. The summed E-state index contributed by atoms with van der Waals surface area (Å²) in [6.45, 7) is 6.73. The number of hydrogen-bond acceptors (Lipinski definition) is 3. The molecule has 0 fully saturated rings. The van der Waals surface area contributed by atoms with Gasteiger partial charge in [-0.2, -0.15) is 0 Å². The number of carbonyl (C=O) groups is 2. The minimum Gasteiger partial charge on any atom is -0.505 e. The van der Waals surface area contributed by atoms with Crippen LogP contribution in [0.25, 0.3) is 10.9 Å². The summed E-state index contributed by atoms with van der Waals surface area (Å²) in [5.74, 6) is -5.28. The Kier molecular flexibility index (Phi) is 5.37. The number of aromatic nitrogens is 1. The molecule has 0 radical (unpaired) electrons. The maximum Gasteiger partial charge on any atom is 0.311 e. The lowest BCUT2D eigenvalue weighted by molar-refractivity contribution is -0.141. The molecule has 158 valence electrons. The first-order valence-corrected chi connectivity index (χ1v) is 9.48. The monoisotopic (exact) mass is 435 g/mol. The average molecular weight is 436 g/mol. The molecule has 3 aromatic rings. The molecule has 0 aliphatic rings. The van der Waals surface area contributed by atoms with Crippen LogP contribution in [0, 0.1) is 24.0 Å². The molecule has 3 rings (SSSR count). The number of hydrogen-bond donors (Lipinski definition) is 2. The van der Waals surface area contributed by atoms with Gasteiger partial charge in [-0.25, -0.2) is 8.78 Å². The lowest BCUT2D eigenvalue weighted by atomic mass is 9.75. The molecule has 5 nitrogen and oxygen atoms in total. The van der Waals surface area contributed by atoms with Crippen LogP contribution in [-0.2, 0) is 4.79 Å². The van der Waals surface area contributed by atoms with Crippen LogP contribution < -0.4 is 0 Å². The standard InChI is InChI=1S/C22H20ClF2NO4/c1-10-18(19(21(29)30)22(2,3)4)12-8-17(27)15(25)9-16(12)26(10)20(28)11-5-6-13(23)14(24)7-11/h5-9,19,27H,1-4H3,(H,29,30). The molecule has 1 atom stereocenters. The molecular formula is C22H20ClF2NO4. The quantitative estimate of drug-likeness (QED) is 0.570. The van der Waals surface area contributed by atoms with Crippen molar-refractivity contribution in [2.24, 2.45) is 5.41 Å². The van der Waals surface area contributed by atoms with Crippen LogP contribution in [0.15, 0.2) is 30.3 Å². The Morgan fingerprint density at radius 1 is 1.10 bits per heavy atom. The molecule has 1 aromatic heterocycles. The molecule has 2 N–H and O–H groups in total. The summed E-state index contributed by atoms with van der Waals surface area (Å²) >= 11 is 5.69. The Bertz CT molecular complexity index is 1190. The Labute approximate surface area is 176 Å². The summed E-state index contributed by atoms with van der Waals surface area (Å²) in [6, 6.07) is 5.60. The van der Waals surface area contributed by atoms with Crippen LogP contribution in [0.4, 0.5) is 8.78 Å². The largest absolute Gasteiger partial charge is 0.505 e. The van der Waals surface area contributed by atoms with Gasteiger partial charge in [-0.1, -0.05) is 32.4 Å². The summed E-state index contributed by atoms with van der Waals surface area (Å²) in [5.41, 5.74) is -0.177. The molecular weight excluding hydrogens is 416 g/mol. The highest BCUT2D eigenvalue weighted by atomic mass is 35.5. The molecule has 0 amide bonds. The van der Waals surface area contributed by atoms with Gasteiger partial charge in [0.1, 0.15) is 5.82 Å². The number of fused-ring (bicyclic) bond motifs is 1. The van der Waals surface area contributed by atoms with Crippen LogP contribution in [0.3, 0.4) is 0 Å². The molecule has 1 unspecified atom stereocenters. The Hall–Kier alpha value is -2.93. The molecule has 30 heavy (non-hydrogen) atoms. The second-order valence-corrected chi connectivity index (χ2v) is 8.63. The number of aliphatic carboxylic acids is 1. The van der Waals surface area contributed by atoms with Crippen molar-refractivity contribution in [3.05, 3.63) is 63.8 Å². The zero-order chi connectivity index (χ0) is 22.5. The van der Waals surface area contributed by atoms with E-state index in [9.17, 15) is 28.6 Å². The van der Waals surface area contributed by atoms with Crippen molar-refractivity contribution in [3.8, 4) is 5.75 Å². The zero-order valence-electron chi connectivity index (χ0n) is 16.8. The molecule has 0 spiro atoms. The van der Waals surface area contributed by atoms with Gasteiger partial charge in [0.05, 0.1) is 16.5 Å². The maximum absolute atomic E-state index is 14.2. The fourth-order valence-corrected chi connectivity index (χ4v) is 3.88. The SMILES string of the molecule is Cc1c(C(C(=O)O)C(C)(C)C)c2cc(O)c(F)cc2n1C(=O)c1ccc(Cl)c(F)c1. The van der Waals surface area contributed by atoms with Crippen LogP contribution in [0.5, 0.6) is 5.75 Å². The van der Waals surface area contributed by atoms with Crippen molar-refractivity contribution < 1.29 is 28.6 Å². The van der Waals surface area contributed by atoms with Crippen LogP contribution in [0.2, 0.25) is 5.02 Å². The topological polar surface area (TPSA) is 79.5 Å². The highest BCUT2D eigenvalue weighted by Gasteiger charge is 2.38. The summed E-state index contributed by atoms with van der Waals surface area (Å²) < 4.78 is 29.2. The third-order valence-corrected chi connectivity index (χ3v) is 5.40. The van der Waals surface area contributed by atoms with E-state index >= 15 is 0 Å². The van der Waals surface area contributed by atoms with Gasteiger partial charge in [-0.3, -0.25) is 14.2 Å². The van der Waals surface area contributed by atoms with Gasteiger partial charge in [0.15, 0.2) is 11.6 Å². The molecule has 0 aliphatic heterocycles. The fraction of sp³-hybridized carbons (Fsp3) is 0.273. The van der Waals surface area contributed by atoms with Crippen LogP contribution in [0.1, 0.15) is 48.3 Å². The zero-order valence-corrected chi connectivity index (χ0v) is 17.5. The normalized spacial score (nSPS) is 12.9. The number of nitrogens with zero attached hydrogens (tertiary/aromatic N) is 1. The number of benzene rings is 2. The van der Waals surface area contributed by atoms with Crippen molar-refractivity contribution >= 4 is 34.4 Å². The van der Waals surface area contributed by atoms with E-state index in [-0.39, 0.29) is 32.7 Å². The van der Waals surface area contributed by atoms with E-state index in [1.54, 1.807) is 20.8 Å². The van der Waals surface area contributed by atoms with Gasteiger partial charge >= 0.3 is 5.97 Å². The minimum atomic E-state index is -1.13. The van der Waals surface area contributed by atoms with E-state index in [1.165, 1.54) is 19.1 Å². The van der Waals surface area contributed by atoms with E-state index in [0.717, 1.165) is 22.8 Å². The average Bonchev–Trinajstić information content (AvgIpc) is 2.87. The van der Waals surface area contributed by atoms with Crippen molar-refractivity contribution in [1.82, 2.24) is 4.57 Å². The van der Waals surface area contributed by atoms with E-state index in [1.807, 2.05) is 0 Å². The summed E-state index contributed by atoms with van der Waals surface area (Å²) in [4.78, 5) is 25.3. The van der Waals surface area contributed by atoms with Crippen LogP contribution in [-0.4, -0.2) is 26.7 Å². The highest BCUT2D eigenvalue weighted by molar-refractivity contribution is 6.30. The smallest absolute Gasteiger partial charge is 0.311 e. The summed E-state index contributed by atoms with van der Waals surface area (Å²) in [5, 5.41) is 19.9. The van der Waals surface area contributed by atoms with Gasteiger partial charge in [0.2, 0.25) is 0 Å². The number of aromatic hydroxyl groups is 1. The Morgan fingerprint density at radius 2 is 1.73 bits per heavy atom.